The smallest absolute Gasteiger partial charge is 0.235 e. The van der Waals surface area contributed by atoms with Gasteiger partial charge in [-0.25, -0.2) is 19.9 Å². The molecule has 0 amide bonds. The molecule has 546 valence electrons. The van der Waals surface area contributed by atoms with E-state index in [1.807, 2.05) is 0 Å². The molecule has 6 aromatic heterocycles. The Hall–Kier alpha value is -15.9. The molecule has 0 bridgehead atoms. The zero-order chi connectivity index (χ0) is 77.2. The van der Waals surface area contributed by atoms with E-state index in [2.05, 4.69) is 419 Å². The fourth-order valence-corrected chi connectivity index (χ4v) is 19.5. The number of para-hydroxylation sites is 4. The molecular weight excluding hydrogens is 1430 g/mol. The quantitative estimate of drug-likeness (QED) is 0.137. The highest BCUT2D eigenvalue weighted by atomic mass is 15.2. The molecule has 0 saturated heterocycles. The van der Waals surface area contributed by atoms with Crippen LogP contribution in [0.2, 0.25) is 0 Å². The second kappa shape index (κ2) is 25.8. The van der Waals surface area contributed by atoms with E-state index in [0.29, 0.717) is 11.9 Å². The van der Waals surface area contributed by atoms with E-state index in [9.17, 15) is 0 Å². The summed E-state index contributed by atoms with van der Waals surface area (Å²) in [5.74, 6) is 1.19. The van der Waals surface area contributed by atoms with Crippen LogP contribution in [0.25, 0.3) is 242 Å². The largest absolute Gasteiger partial charge is 0.309 e. The van der Waals surface area contributed by atoms with Crippen LogP contribution in [0.3, 0.4) is 0 Å². The minimum atomic E-state index is 0.588. The van der Waals surface area contributed by atoms with Gasteiger partial charge in [-0.1, -0.05) is 315 Å². The van der Waals surface area contributed by atoms with Gasteiger partial charge in [0.2, 0.25) is 11.9 Å². The number of rotatable bonds is 10. The molecule has 0 unspecified atom stereocenters. The van der Waals surface area contributed by atoms with E-state index >= 15 is 0 Å². The summed E-state index contributed by atoms with van der Waals surface area (Å²) >= 11 is 0. The molecule has 8 heteroatoms. The number of hydrogen-bond donors (Lipinski definition) is 0. The van der Waals surface area contributed by atoms with Crippen molar-refractivity contribution >= 4 is 152 Å². The van der Waals surface area contributed by atoms with Crippen LogP contribution in [0.5, 0.6) is 0 Å². The van der Waals surface area contributed by atoms with Crippen molar-refractivity contribution in [2.45, 2.75) is 0 Å². The minimum Gasteiger partial charge on any atom is -0.309 e. The highest BCUT2D eigenvalue weighted by molar-refractivity contribution is 6.31. The van der Waals surface area contributed by atoms with E-state index in [1.165, 1.54) is 21.8 Å². The van der Waals surface area contributed by atoms with Gasteiger partial charge in [-0.15, -0.1) is 0 Å². The van der Waals surface area contributed by atoms with Crippen LogP contribution in [-0.2, 0) is 0 Å². The Bertz CT molecular complexity index is 8480. The summed E-state index contributed by atoms with van der Waals surface area (Å²) in [6, 6.07) is 146. The molecule has 0 aliphatic rings. The Morgan fingerprint density at radius 2 is 0.576 bits per heavy atom. The maximum absolute atomic E-state index is 5.84. The van der Waals surface area contributed by atoms with Crippen molar-refractivity contribution in [3.63, 3.8) is 0 Å². The van der Waals surface area contributed by atoms with Gasteiger partial charge in [0.15, 0.2) is 0 Å². The fraction of sp³-hybridized carbons (Fsp3) is 0. The van der Waals surface area contributed by atoms with Crippen LogP contribution < -0.4 is 0 Å². The normalized spacial score (nSPS) is 12.1. The minimum absolute atomic E-state index is 0.588. The zero-order valence-corrected chi connectivity index (χ0v) is 63.7. The van der Waals surface area contributed by atoms with Gasteiger partial charge in [-0.2, -0.15) is 0 Å². The maximum Gasteiger partial charge on any atom is 0.235 e. The second-order valence-electron chi connectivity index (χ2n) is 31.1. The zero-order valence-electron chi connectivity index (χ0n) is 63.7. The van der Waals surface area contributed by atoms with Crippen LogP contribution in [0.4, 0.5) is 0 Å². The van der Waals surface area contributed by atoms with Crippen LogP contribution >= 0.6 is 0 Å². The molecule has 118 heavy (non-hydrogen) atoms. The van der Waals surface area contributed by atoms with Crippen LogP contribution in [0, 0.1) is 0 Å². The summed E-state index contributed by atoms with van der Waals surface area (Å²) in [7, 11) is 0. The van der Waals surface area contributed by atoms with Crippen molar-refractivity contribution in [3.05, 3.63) is 400 Å². The topological polar surface area (TPSA) is 71.3 Å². The Kier molecular flexibility index (Phi) is 14.4. The molecule has 25 rings (SSSR count). The number of nitrogens with zero attached hydrogens (tertiary/aromatic N) is 8. The molecule has 19 aromatic carbocycles. The lowest BCUT2D eigenvalue weighted by Crippen LogP contribution is -2.05. The van der Waals surface area contributed by atoms with Gasteiger partial charge in [-0.05, 0) is 151 Å². The van der Waals surface area contributed by atoms with Gasteiger partial charge in [0.05, 0.1) is 66.6 Å². The summed E-state index contributed by atoms with van der Waals surface area (Å²) in [4.78, 5) is 22.9. The van der Waals surface area contributed by atoms with E-state index in [4.69, 9.17) is 19.9 Å². The molecule has 25 aromatic rings. The molecular formula is C110H66N8. The third-order valence-corrected chi connectivity index (χ3v) is 24.7. The predicted molar refractivity (Wildman–Crippen MR) is 493 cm³/mol. The lowest BCUT2D eigenvalue weighted by Gasteiger charge is -2.16. The van der Waals surface area contributed by atoms with Crippen molar-refractivity contribution in [2.75, 3.05) is 0 Å². The lowest BCUT2D eigenvalue weighted by molar-refractivity contribution is 1.02. The summed E-state index contributed by atoms with van der Waals surface area (Å²) in [6.07, 6.45) is 0. The first kappa shape index (κ1) is 65.6. The molecule has 0 saturated carbocycles. The Labute approximate surface area is 676 Å². The van der Waals surface area contributed by atoms with E-state index in [-0.39, 0.29) is 0 Å². The van der Waals surface area contributed by atoms with Crippen molar-refractivity contribution in [2.24, 2.45) is 0 Å². The SMILES string of the molecule is c1ccc(-c2ccc(-n3c4ccc(-c5cc6ccccc6c6c5c5cc7ccccc7c(-c7ccc(-n8c9ccccc9c9ccccc98)cc7)c5n6-c5nc(-c6ccccc6)c6ccccc6n5)cc4c4ccc(-c5c6ccccc6cc6c7ccc8ccccc8c7n(-c7nc(-c8ccccc8)c8ccccc8n7)c56)cc43)cc2)cc1. The maximum atomic E-state index is 5.84. The average Bonchev–Trinajstić information content (AvgIpc) is 1.50. The van der Waals surface area contributed by atoms with Crippen LogP contribution in [0.1, 0.15) is 0 Å². The molecule has 0 radical (unpaired) electrons. The Morgan fingerprint density at radius 3 is 1.17 bits per heavy atom. The van der Waals surface area contributed by atoms with E-state index in [0.717, 1.165) is 209 Å². The van der Waals surface area contributed by atoms with Gasteiger partial charge in [0.25, 0.3) is 0 Å². The predicted octanol–water partition coefficient (Wildman–Crippen LogP) is 28.6. The van der Waals surface area contributed by atoms with Crippen molar-refractivity contribution in [1.82, 2.24) is 38.2 Å². The molecule has 0 fully saturated rings. The van der Waals surface area contributed by atoms with Gasteiger partial charge < -0.3 is 9.13 Å². The molecule has 0 atom stereocenters. The summed E-state index contributed by atoms with van der Waals surface area (Å²) in [6.45, 7) is 0. The molecule has 0 aliphatic carbocycles. The Balaban J connectivity index is 0.772. The van der Waals surface area contributed by atoms with Gasteiger partial charge >= 0.3 is 0 Å². The Morgan fingerprint density at radius 1 is 0.178 bits per heavy atom. The molecule has 8 nitrogen and oxygen atoms in total. The van der Waals surface area contributed by atoms with Gasteiger partial charge in [0.1, 0.15) is 0 Å². The summed E-state index contributed by atoms with van der Waals surface area (Å²) in [5, 5.41) is 20.1. The average molecular weight is 1500 g/mol. The summed E-state index contributed by atoms with van der Waals surface area (Å²) in [5.41, 5.74) is 25.1. The first-order valence-corrected chi connectivity index (χ1v) is 40.3. The standard InChI is InChI=1S/C110H66N8/c1-4-26-67(27-5-1)68-48-55-79(56-49-68)116-98-61-54-76(63-91(98)86-59-53-77(66-99(86)116)101-81-37-15-11-33-73(81)64-92-87-60-52-69-28-10-16-38-82(69)105(87)117(107(92)101)109-111-94-44-22-18-42-88(94)103(113-109)71-29-6-2-7-30-71)90-62-75-35-13-17-39-83(75)106-102(90)93-65-74-34-12-14-36-80(74)100(70-50-57-78(58-51-70)115-96-46-24-20-40-84(96)85-41-21-25-47-97(85)115)108(93)118(106)110-112-95-45-23-19-43-89(95)104(114-110)72-31-8-3-9-32-72/h1-66H. The molecule has 6 heterocycles. The first-order valence-electron chi connectivity index (χ1n) is 40.3. The highest BCUT2D eigenvalue weighted by Crippen LogP contribution is 2.52. The molecule has 0 aliphatic heterocycles. The van der Waals surface area contributed by atoms with Gasteiger partial charge in [-0.3, -0.25) is 9.13 Å². The van der Waals surface area contributed by atoms with E-state index in [1.54, 1.807) is 0 Å². The van der Waals surface area contributed by atoms with E-state index < -0.39 is 0 Å². The summed E-state index contributed by atoms with van der Waals surface area (Å²) < 4.78 is 9.70. The number of fused-ring (bicyclic) bond motifs is 20. The third kappa shape index (κ3) is 9.90. The first-order chi connectivity index (χ1) is 58.5. The lowest BCUT2D eigenvalue weighted by atomic mass is 9.91. The second-order valence-corrected chi connectivity index (χ2v) is 31.1. The van der Waals surface area contributed by atoms with Crippen LogP contribution in [0.15, 0.2) is 400 Å². The van der Waals surface area contributed by atoms with Crippen molar-refractivity contribution < 1.29 is 0 Å². The number of hydrogen-bond acceptors (Lipinski definition) is 4. The number of aromatic nitrogens is 8. The van der Waals surface area contributed by atoms with Crippen molar-refractivity contribution in [1.29, 1.82) is 0 Å². The monoisotopic (exact) mass is 1500 g/mol. The number of benzene rings is 19. The third-order valence-electron chi connectivity index (χ3n) is 24.7. The highest BCUT2D eigenvalue weighted by Gasteiger charge is 2.30. The van der Waals surface area contributed by atoms with Crippen molar-refractivity contribution in [3.8, 4) is 90.3 Å². The molecule has 0 N–H and O–H groups in total. The molecule has 0 spiro atoms. The van der Waals surface area contributed by atoms with Crippen LogP contribution in [-0.4, -0.2) is 38.2 Å². The van der Waals surface area contributed by atoms with Gasteiger partial charge in [0, 0.05) is 98.3 Å². The fourth-order valence-electron chi connectivity index (χ4n) is 19.5.